The van der Waals surface area contributed by atoms with Crippen molar-refractivity contribution in [3.05, 3.63) is 71.3 Å². The molecule has 6 aliphatic rings. The molecule has 0 spiro atoms. The lowest BCUT2D eigenvalue weighted by atomic mass is 9.81. The van der Waals surface area contributed by atoms with Gasteiger partial charge in [-0.3, -0.25) is 43.8 Å². The predicted octanol–water partition coefficient (Wildman–Crippen LogP) is 4.73. The topological polar surface area (TPSA) is 262 Å². The van der Waals surface area contributed by atoms with E-state index in [-0.39, 0.29) is 68.3 Å². The average molecular weight is 1060 g/mol. The number of aliphatic hydroxyl groups is 3. The van der Waals surface area contributed by atoms with Crippen molar-refractivity contribution in [1.29, 1.82) is 0 Å². The number of benzene rings is 1. The molecule has 7 rings (SSSR count). The van der Waals surface area contributed by atoms with Crippen LogP contribution < -0.4 is 5.32 Å². The molecule has 19 nitrogen and oxygen atoms in total. The van der Waals surface area contributed by atoms with Gasteiger partial charge in [-0.2, -0.15) is 0 Å². The number of aliphatic hydroxyl groups excluding tert-OH is 2. The summed E-state index contributed by atoms with van der Waals surface area (Å²) in [6.07, 6.45) is 5.24. The van der Waals surface area contributed by atoms with Gasteiger partial charge in [-0.05, 0) is 114 Å². The average Bonchev–Trinajstić information content (AvgIpc) is 3.67. The van der Waals surface area contributed by atoms with Gasteiger partial charge in [0.25, 0.3) is 23.5 Å². The number of carbonyl (C=O) groups is 8. The van der Waals surface area contributed by atoms with Crippen LogP contribution in [0.1, 0.15) is 139 Å². The number of esters is 1. The van der Waals surface area contributed by atoms with Gasteiger partial charge in [0.05, 0.1) is 41.6 Å². The maximum atomic E-state index is 14.3. The number of nitrogens with one attached hydrogen (secondary N) is 1. The van der Waals surface area contributed by atoms with Crippen molar-refractivity contribution in [2.24, 2.45) is 29.6 Å². The SMILES string of the molecule is C=CC[C@@H]1/C=C(\C)C[C@H](C)C[C@H](OC)[C@H]2O[C@@](O)(C(=O)C(=O)N3CCCC[C@H]3C(=O)O[C@H](/C(C)=C/[C@@H]3CC[C@@H](O)[C@H](OC)C3)[C@H](C)[C@@H](O)CC1=O)[C@H](C)C[C@@H]2OC.O=C1CCC(N2C(=O)c3ccccc3C2=O)C(=O)N1. The summed E-state index contributed by atoms with van der Waals surface area (Å²) in [4.78, 5) is 106. The lowest BCUT2D eigenvalue weighted by Crippen LogP contribution is -2.64. The van der Waals surface area contributed by atoms with Crippen molar-refractivity contribution in [1.82, 2.24) is 15.1 Å². The van der Waals surface area contributed by atoms with Crippen LogP contribution >= 0.6 is 0 Å². The Balaban J connectivity index is 0.000000408. The summed E-state index contributed by atoms with van der Waals surface area (Å²) in [5.41, 5.74) is 2.22. The first-order chi connectivity index (χ1) is 36.1. The first kappa shape index (κ1) is 60.0. The second-order valence-electron chi connectivity index (χ2n) is 21.8. The number of imide groups is 2. The van der Waals surface area contributed by atoms with Gasteiger partial charge >= 0.3 is 5.97 Å². The fourth-order valence-electron chi connectivity index (χ4n) is 11.8. The molecule has 1 aromatic rings. The Bertz CT molecular complexity index is 2370. The summed E-state index contributed by atoms with van der Waals surface area (Å²) in [7, 11) is 4.61. The molecule has 3 saturated heterocycles. The lowest BCUT2D eigenvalue weighted by Gasteiger charge is -2.47. The molecular formula is C57H79N3O16. The molecule has 4 fully saturated rings. The number of hydrogen-bond acceptors (Lipinski definition) is 16. The molecule has 1 unspecified atom stereocenters. The summed E-state index contributed by atoms with van der Waals surface area (Å²) in [5.74, 6) is -9.68. The number of allylic oxidation sites excluding steroid dienone is 4. The number of amides is 5. The van der Waals surface area contributed by atoms with Crippen LogP contribution in [0.5, 0.6) is 0 Å². The molecule has 418 valence electrons. The maximum Gasteiger partial charge on any atom is 0.329 e. The van der Waals surface area contributed by atoms with E-state index in [1.54, 1.807) is 51.3 Å². The number of hydrogen-bond donors (Lipinski definition) is 4. The van der Waals surface area contributed by atoms with Crippen molar-refractivity contribution < 1.29 is 77.4 Å². The molecule has 0 radical (unpaired) electrons. The Labute approximate surface area is 445 Å². The fourth-order valence-corrected chi connectivity index (χ4v) is 11.8. The molecule has 1 aliphatic carbocycles. The molecule has 1 saturated carbocycles. The van der Waals surface area contributed by atoms with Crippen LogP contribution in [0.15, 0.2) is 60.2 Å². The quantitative estimate of drug-likeness (QED) is 0.119. The van der Waals surface area contributed by atoms with E-state index in [4.69, 9.17) is 23.7 Å². The van der Waals surface area contributed by atoms with Crippen LogP contribution in [0, 0.1) is 29.6 Å². The highest BCUT2D eigenvalue weighted by Gasteiger charge is 2.57. The minimum Gasteiger partial charge on any atom is -0.456 e. The number of methoxy groups -OCH3 is 3. The van der Waals surface area contributed by atoms with Crippen LogP contribution in [0.3, 0.4) is 0 Å². The number of nitrogens with zero attached hydrogens (tertiary/aromatic N) is 2. The Hall–Kier alpha value is -5.28. The smallest absolute Gasteiger partial charge is 0.329 e. The van der Waals surface area contributed by atoms with E-state index in [2.05, 4.69) is 11.9 Å². The number of fused-ring (bicyclic) bond motifs is 4. The Morgan fingerprint density at radius 2 is 1.46 bits per heavy atom. The van der Waals surface area contributed by atoms with Crippen LogP contribution in [0.4, 0.5) is 0 Å². The van der Waals surface area contributed by atoms with Crippen LogP contribution in [0.2, 0.25) is 0 Å². The lowest BCUT2D eigenvalue weighted by molar-refractivity contribution is -0.302. The van der Waals surface area contributed by atoms with Gasteiger partial charge in [-0.25, -0.2) is 4.79 Å². The molecule has 4 N–H and O–H groups in total. The predicted molar refractivity (Wildman–Crippen MR) is 276 cm³/mol. The summed E-state index contributed by atoms with van der Waals surface area (Å²) in [6.45, 7) is 13.1. The van der Waals surface area contributed by atoms with Crippen molar-refractivity contribution in [3.63, 3.8) is 0 Å². The molecule has 0 aromatic heterocycles. The summed E-state index contributed by atoms with van der Waals surface area (Å²) in [6, 6.07) is 4.40. The first-order valence-electron chi connectivity index (χ1n) is 26.8. The van der Waals surface area contributed by atoms with Gasteiger partial charge in [0.1, 0.15) is 30.1 Å². The molecule has 15 atom stereocenters. The molecular weight excluding hydrogens is 983 g/mol. The van der Waals surface area contributed by atoms with E-state index in [0.717, 1.165) is 10.5 Å². The van der Waals surface area contributed by atoms with Crippen molar-refractivity contribution in [2.75, 3.05) is 27.9 Å². The third kappa shape index (κ3) is 13.5. The largest absolute Gasteiger partial charge is 0.456 e. The number of carbonyl (C=O) groups excluding carboxylic acids is 8. The van der Waals surface area contributed by atoms with Gasteiger partial charge < -0.3 is 43.9 Å². The molecule has 2 bridgehead atoms. The number of rotatable bonds is 8. The van der Waals surface area contributed by atoms with Crippen LogP contribution in [0.25, 0.3) is 0 Å². The minimum absolute atomic E-state index is 0.00988. The number of Topliss-reactive ketones (excluding diaryl/α,β-unsaturated/α-hetero) is 2. The molecule has 5 amide bonds. The van der Waals surface area contributed by atoms with E-state index in [1.165, 1.54) is 19.1 Å². The van der Waals surface area contributed by atoms with E-state index >= 15 is 0 Å². The van der Waals surface area contributed by atoms with E-state index < -0.39 is 108 Å². The molecule has 76 heavy (non-hydrogen) atoms. The second kappa shape index (κ2) is 26.4. The van der Waals surface area contributed by atoms with Crippen LogP contribution in [-0.4, -0.2) is 161 Å². The maximum absolute atomic E-state index is 14.3. The van der Waals surface area contributed by atoms with Crippen molar-refractivity contribution >= 4 is 47.1 Å². The Morgan fingerprint density at radius 3 is 2.08 bits per heavy atom. The van der Waals surface area contributed by atoms with Gasteiger partial charge in [-0.15, -0.1) is 6.58 Å². The standard InChI is InChI=1S/C44H69NO12.C13H10N2O4/c1-10-13-31-19-25(2)18-26(3)20-37(54-8)40-38(55-9)22-28(5)44(52,57-40)41(49)42(50)45-17-12-11-14-32(45)43(51)56-39(29(6)34(47)24-35(31)48)27(4)21-30-15-16-33(46)36(23-30)53-7;16-10-6-5-9(11(17)14-10)15-12(18)7-3-1-2-4-8(7)13(15)19/h10,19,21,26,28-34,36-40,46-47,52H,1,11-18,20,22-24H2,2-9H3;1-4,9H,5-6H2,(H,14,16,17)/b25-19+,27-21+;/t26-,28+,29+,30-,31+,32-,33+,34-,36+,37-,38-,39+,40+,44+;/m0./s1. The molecule has 1 aromatic carbocycles. The van der Waals surface area contributed by atoms with Crippen LogP contribution in [-0.2, 0) is 52.5 Å². The summed E-state index contributed by atoms with van der Waals surface area (Å²) in [5, 5.41) is 36.3. The van der Waals surface area contributed by atoms with Gasteiger partial charge in [0, 0.05) is 58.5 Å². The third-order valence-electron chi connectivity index (χ3n) is 16.2. The zero-order chi connectivity index (χ0) is 55.8. The van der Waals surface area contributed by atoms with Crippen molar-refractivity contribution in [3.8, 4) is 0 Å². The highest BCUT2D eigenvalue weighted by molar-refractivity contribution is 6.39. The normalized spacial score (nSPS) is 36.4. The second-order valence-corrected chi connectivity index (χ2v) is 21.8. The van der Waals surface area contributed by atoms with Gasteiger partial charge in [0.2, 0.25) is 17.6 Å². The van der Waals surface area contributed by atoms with Crippen molar-refractivity contribution in [2.45, 2.75) is 179 Å². The third-order valence-corrected chi connectivity index (χ3v) is 16.2. The first-order valence-corrected chi connectivity index (χ1v) is 26.8. The number of piperidine rings is 2. The number of ether oxygens (including phenoxy) is 5. The van der Waals surface area contributed by atoms with Gasteiger partial charge in [-0.1, -0.05) is 56.7 Å². The van der Waals surface area contributed by atoms with Gasteiger partial charge in [0.15, 0.2) is 0 Å². The zero-order valence-electron chi connectivity index (χ0n) is 45.3. The Morgan fingerprint density at radius 1 is 0.816 bits per heavy atom. The van der Waals surface area contributed by atoms with E-state index in [1.807, 2.05) is 32.9 Å². The summed E-state index contributed by atoms with van der Waals surface area (Å²) < 4.78 is 29.7. The highest BCUT2D eigenvalue weighted by atomic mass is 16.7. The minimum atomic E-state index is -2.51. The van der Waals surface area contributed by atoms with E-state index in [0.29, 0.717) is 68.1 Å². The molecule has 5 aliphatic heterocycles. The fraction of sp³-hybridized carbons (Fsp3) is 0.649. The highest BCUT2D eigenvalue weighted by Crippen LogP contribution is 2.40. The summed E-state index contributed by atoms with van der Waals surface area (Å²) >= 11 is 0. The molecule has 5 heterocycles. The number of cyclic esters (lactones) is 1. The zero-order valence-corrected chi connectivity index (χ0v) is 45.3. The molecule has 19 heteroatoms. The van der Waals surface area contributed by atoms with E-state index in [9.17, 15) is 53.7 Å². The number of ketones is 2. The Kier molecular flexibility index (Phi) is 20.8. The monoisotopic (exact) mass is 1060 g/mol.